The summed E-state index contributed by atoms with van der Waals surface area (Å²) < 4.78 is 7.64. The van der Waals surface area contributed by atoms with Crippen molar-refractivity contribution in [2.45, 2.75) is 37.8 Å². The number of nitrogens with zero attached hydrogens (tertiary/aromatic N) is 2. The van der Waals surface area contributed by atoms with E-state index in [2.05, 4.69) is 4.98 Å². The molecule has 0 amide bonds. The zero-order valence-corrected chi connectivity index (χ0v) is 8.52. The third kappa shape index (κ3) is 1.90. The molecule has 2 N–H and O–H groups in total. The van der Waals surface area contributed by atoms with E-state index in [1.165, 1.54) is 12.8 Å². The van der Waals surface area contributed by atoms with Crippen LogP contribution >= 0.6 is 0 Å². The Kier molecular flexibility index (Phi) is 2.72. The zero-order valence-electron chi connectivity index (χ0n) is 8.52. The summed E-state index contributed by atoms with van der Waals surface area (Å²) in [5, 5.41) is 0. The molecule has 2 rings (SSSR count). The second-order valence-corrected chi connectivity index (χ2v) is 3.93. The second-order valence-electron chi connectivity index (χ2n) is 3.93. The molecule has 1 aliphatic carbocycles. The average Bonchev–Trinajstić information content (AvgIpc) is 2.56. The number of aryl methyl sites for hydroxylation is 1. The van der Waals surface area contributed by atoms with E-state index in [4.69, 9.17) is 10.5 Å². The first-order valence-electron chi connectivity index (χ1n) is 5.17. The lowest BCUT2D eigenvalue weighted by molar-refractivity contribution is 0.117. The Morgan fingerprint density at radius 2 is 2.29 bits per heavy atom. The molecule has 1 aromatic heterocycles. The van der Waals surface area contributed by atoms with Crippen molar-refractivity contribution < 1.29 is 4.74 Å². The lowest BCUT2D eigenvalue weighted by Crippen LogP contribution is -2.41. The van der Waals surface area contributed by atoms with E-state index in [9.17, 15) is 0 Å². The van der Waals surface area contributed by atoms with E-state index >= 15 is 0 Å². The minimum absolute atomic E-state index is 0.143. The van der Waals surface area contributed by atoms with Crippen LogP contribution < -0.4 is 10.5 Å². The highest BCUT2D eigenvalue weighted by Crippen LogP contribution is 2.21. The molecule has 1 saturated carbocycles. The van der Waals surface area contributed by atoms with Crippen LogP contribution in [0.3, 0.4) is 0 Å². The summed E-state index contributed by atoms with van der Waals surface area (Å²) in [4.78, 5) is 4.13. The van der Waals surface area contributed by atoms with Gasteiger partial charge in [0.25, 0.3) is 6.01 Å². The van der Waals surface area contributed by atoms with Gasteiger partial charge in [-0.3, -0.25) is 0 Å². The van der Waals surface area contributed by atoms with Crippen LogP contribution in [0.2, 0.25) is 0 Å². The second kappa shape index (κ2) is 4.00. The van der Waals surface area contributed by atoms with E-state index < -0.39 is 0 Å². The van der Waals surface area contributed by atoms with Gasteiger partial charge in [0, 0.05) is 25.5 Å². The van der Waals surface area contributed by atoms with Gasteiger partial charge in [0.1, 0.15) is 6.10 Å². The fraction of sp³-hybridized carbons (Fsp3) is 0.700. The molecule has 4 nitrogen and oxygen atoms in total. The van der Waals surface area contributed by atoms with E-state index in [0.717, 1.165) is 12.8 Å². The van der Waals surface area contributed by atoms with Gasteiger partial charge in [0.2, 0.25) is 0 Å². The van der Waals surface area contributed by atoms with Crippen molar-refractivity contribution in [1.82, 2.24) is 9.55 Å². The number of rotatable bonds is 2. The lowest BCUT2D eigenvalue weighted by Gasteiger charge is -2.28. The highest BCUT2D eigenvalue weighted by atomic mass is 16.5. The number of hydrogen-bond acceptors (Lipinski definition) is 3. The van der Waals surface area contributed by atoms with E-state index in [-0.39, 0.29) is 12.1 Å². The Bertz CT molecular complexity index is 297. The molecular formula is C10H17N3O. The van der Waals surface area contributed by atoms with Gasteiger partial charge in [-0.05, 0) is 19.3 Å². The van der Waals surface area contributed by atoms with Gasteiger partial charge in [-0.2, -0.15) is 0 Å². The molecule has 0 radical (unpaired) electrons. The number of hydrogen-bond donors (Lipinski definition) is 1. The predicted octanol–water partition coefficient (Wildman–Crippen LogP) is 1.07. The summed E-state index contributed by atoms with van der Waals surface area (Å²) in [6.07, 6.45) is 8.31. The van der Waals surface area contributed by atoms with Crippen LogP contribution in [-0.4, -0.2) is 21.7 Å². The molecule has 0 aliphatic heterocycles. The van der Waals surface area contributed by atoms with Crippen molar-refractivity contribution in [1.29, 1.82) is 0 Å². The molecule has 1 heterocycles. The first-order valence-corrected chi connectivity index (χ1v) is 5.17. The van der Waals surface area contributed by atoms with Gasteiger partial charge in [0.15, 0.2) is 0 Å². The number of nitrogens with two attached hydrogens (primary N) is 1. The van der Waals surface area contributed by atoms with Gasteiger partial charge in [-0.15, -0.1) is 0 Å². The monoisotopic (exact) mass is 195 g/mol. The first-order chi connectivity index (χ1) is 6.77. The van der Waals surface area contributed by atoms with Crippen molar-refractivity contribution in [2.75, 3.05) is 0 Å². The number of imidazole rings is 1. The van der Waals surface area contributed by atoms with Crippen LogP contribution in [0.1, 0.15) is 25.7 Å². The maximum atomic E-state index is 5.98. The quantitative estimate of drug-likeness (QED) is 0.768. The molecule has 0 aromatic carbocycles. The van der Waals surface area contributed by atoms with Gasteiger partial charge < -0.3 is 15.0 Å². The minimum atomic E-state index is 0.143. The van der Waals surface area contributed by atoms with Gasteiger partial charge in [-0.1, -0.05) is 6.42 Å². The third-order valence-electron chi connectivity index (χ3n) is 2.79. The Morgan fingerprint density at radius 3 is 2.93 bits per heavy atom. The minimum Gasteiger partial charge on any atom is -0.460 e. The maximum Gasteiger partial charge on any atom is 0.296 e. The van der Waals surface area contributed by atoms with Crippen LogP contribution in [0.25, 0.3) is 0 Å². The van der Waals surface area contributed by atoms with Crippen LogP contribution in [0.4, 0.5) is 0 Å². The summed E-state index contributed by atoms with van der Waals surface area (Å²) >= 11 is 0. The fourth-order valence-electron chi connectivity index (χ4n) is 1.87. The Morgan fingerprint density at radius 1 is 1.50 bits per heavy atom. The molecule has 2 unspecified atom stereocenters. The summed E-state index contributed by atoms with van der Waals surface area (Å²) in [7, 11) is 1.93. The van der Waals surface area contributed by atoms with Gasteiger partial charge >= 0.3 is 0 Å². The van der Waals surface area contributed by atoms with Crippen molar-refractivity contribution in [3.05, 3.63) is 12.4 Å². The summed E-state index contributed by atoms with van der Waals surface area (Å²) in [5.74, 6) is 0. The van der Waals surface area contributed by atoms with Crippen LogP contribution in [-0.2, 0) is 7.05 Å². The van der Waals surface area contributed by atoms with Crippen LogP contribution in [0.5, 0.6) is 6.01 Å². The van der Waals surface area contributed by atoms with Crippen molar-refractivity contribution in [3.8, 4) is 6.01 Å². The van der Waals surface area contributed by atoms with E-state index in [1.54, 1.807) is 6.20 Å². The topological polar surface area (TPSA) is 53.1 Å². The lowest BCUT2D eigenvalue weighted by atomic mass is 9.93. The van der Waals surface area contributed by atoms with E-state index in [1.807, 2.05) is 17.8 Å². The smallest absolute Gasteiger partial charge is 0.296 e. The average molecular weight is 195 g/mol. The summed E-state index contributed by atoms with van der Waals surface area (Å²) in [6, 6.07) is 0.841. The van der Waals surface area contributed by atoms with Crippen molar-refractivity contribution >= 4 is 0 Å². The molecule has 0 saturated heterocycles. The molecule has 0 spiro atoms. The van der Waals surface area contributed by atoms with Gasteiger partial charge in [-0.25, -0.2) is 4.98 Å². The summed E-state index contributed by atoms with van der Waals surface area (Å²) in [5.41, 5.74) is 5.98. The largest absolute Gasteiger partial charge is 0.460 e. The molecule has 1 aliphatic rings. The zero-order chi connectivity index (χ0) is 9.97. The number of ether oxygens (including phenoxy) is 1. The number of aromatic nitrogens is 2. The van der Waals surface area contributed by atoms with Crippen molar-refractivity contribution in [2.24, 2.45) is 12.8 Å². The highest BCUT2D eigenvalue weighted by molar-refractivity contribution is 4.99. The molecular weight excluding hydrogens is 178 g/mol. The Hall–Kier alpha value is -1.03. The molecule has 78 valence electrons. The van der Waals surface area contributed by atoms with Gasteiger partial charge in [0.05, 0.1) is 0 Å². The molecule has 2 atom stereocenters. The Labute approximate surface area is 84.1 Å². The summed E-state index contributed by atoms with van der Waals surface area (Å²) in [6.45, 7) is 0. The Balaban J connectivity index is 1.99. The molecule has 1 aromatic rings. The fourth-order valence-corrected chi connectivity index (χ4v) is 1.87. The molecule has 1 fully saturated rings. The molecule has 4 heteroatoms. The molecule has 0 bridgehead atoms. The first kappa shape index (κ1) is 9.52. The maximum absolute atomic E-state index is 5.98. The van der Waals surface area contributed by atoms with Crippen LogP contribution in [0.15, 0.2) is 12.4 Å². The molecule has 14 heavy (non-hydrogen) atoms. The van der Waals surface area contributed by atoms with Crippen LogP contribution in [0, 0.1) is 0 Å². The highest BCUT2D eigenvalue weighted by Gasteiger charge is 2.24. The third-order valence-corrected chi connectivity index (χ3v) is 2.79. The van der Waals surface area contributed by atoms with Crippen molar-refractivity contribution in [3.63, 3.8) is 0 Å². The standard InChI is InChI=1S/C10H17N3O/c1-13-7-6-12-10(13)14-9-5-3-2-4-8(9)11/h6-9H,2-5,11H2,1H3. The van der Waals surface area contributed by atoms with E-state index in [0.29, 0.717) is 6.01 Å². The SMILES string of the molecule is Cn1ccnc1OC1CCCCC1N. The normalized spacial score (nSPS) is 27.6. The predicted molar refractivity (Wildman–Crippen MR) is 54.1 cm³/mol.